The predicted molar refractivity (Wildman–Crippen MR) is 93.8 cm³/mol. The van der Waals surface area contributed by atoms with Crippen molar-refractivity contribution in [3.63, 3.8) is 0 Å². The van der Waals surface area contributed by atoms with Crippen LogP contribution in [-0.2, 0) is 0 Å². The summed E-state index contributed by atoms with van der Waals surface area (Å²) in [6.45, 7) is 2.48. The fourth-order valence-corrected chi connectivity index (χ4v) is 6.18. The Morgan fingerprint density at radius 3 is 1.62 bits per heavy atom. The largest absolute Gasteiger partial charge is 0.0793 e. The Labute approximate surface area is 140 Å². The number of rotatable bonds is 2. The Hall–Kier alpha value is -1.27. The molecule has 2 aromatic rings. The van der Waals surface area contributed by atoms with Gasteiger partial charge >= 0.3 is 0 Å². The summed E-state index contributed by atoms with van der Waals surface area (Å²) in [6.07, 6.45) is 9.46. The van der Waals surface area contributed by atoms with E-state index in [0.717, 1.165) is 0 Å². The molecule has 4 rings (SSSR count). The van der Waals surface area contributed by atoms with Gasteiger partial charge in [-0.25, -0.2) is 0 Å². The first-order chi connectivity index (χ1) is 9.84. The van der Waals surface area contributed by atoms with E-state index in [1.165, 1.54) is 22.3 Å². The van der Waals surface area contributed by atoms with E-state index in [-0.39, 0.29) is 18.9 Å². The Morgan fingerprint density at radius 2 is 1.14 bits per heavy atom. The molecule has 2 aromatic carbocycles. The first-order valence-electron chi connectivity index (χ1n) is 7.22. The number of allylic oxidation sites excluding steroid dienone is 2. The molecule has 0 saturated heterocycles. The van der Waals surface area contributed by atoms with Crippen LogP contribution in [0.3, 0.4) is 0 Å². The summed E-state index contributed by atoms with van der Waals surface area (Å²) in [5, 5.41) is 0. The monoisotopic (exact) mass is 280 g/mol. The molecule has 0 nitrogen and oxygen atoms in total. The maximum atomic E-state index is 2.48. The van der Waals surface area contributed by atoms with Crippen LogP contribution in [0.15, 0.2) is 60.7 Å². The Bertz CT molecular complexity index is 656. The smallest absolute Gasteiger partial charge is 0.0710 e. The van der Waals surface area contributed by atoms with Gasteiger partial charge in [0.25, 0.3) is 0 Å². The molecule has 0 aromatic heterocycles. The van der Waals surface area contributed by atoms with Gasteiger partial charge in [-0.1, -0.05) is 79.4 Å². The minimum Gasteiger partial charge on any atom is -0.0793 e. The van der Waals surface area contributed by atoms with E-state index in [9.17, 15) is 0 Å². The minimum atomic E-state index is -0.542. The van der Waals surface area contributed by atoms with Crippen LogP contribution < -0.4 is 0 Å². The molecule has 0 fully saturated rings. The van der Waals surface area contributed by atoms with E-state index in [4.69, 9.17) is 0 Å². The molecular formula is C19H17LiSi. The molecule has 0 bridgehead atoms. The quantitative estimate of drug-likeness (QED) is 0.714. The Morgan fingerprint density at radius 1 is 0.714 bits per heavy atom. The van der Waals surface area contributed by atoms with Crippen molar-refractivity contribution in [1.82, 2.24) is 0 Å². The molecule has 2 unspecified atom stereocenters. The summed E-state index contributed by atoms with van der Waals surface area (Å²) in [5.41, 5.74) is 7.16. The van der Waals surface area contributed by atoms with Crippen LogP contribution >= 0.6 is 0 Å². The van der Waals surface area contributed by atoms with E-state index >= 15 is 0 Å². The van der Waals surface area contributed by atoms with Crippen LogP contribution in [0.5, 0.6) is 0 Å². The third kappa shape index (κ3) is 2.40. The van der Waals surface area contributed by atoms with Crippen molar-refractivity contribution in [2.45, 2.75) is 17.6 Å². The first-order valence-corrected chi connectivity index (χ1v) is 9.37. The third-order valence-electron chi connectivity index (χ3n) is 4.58. The zero-order valence-corrected chi connectivity index (χ0v) is 13.6. The average Bonchev–Trinajstić information content (AvgIpc) is 3.11. The summed E-state index contributed by atoms with van der Waals surface area (Å²) in [4.78, 5) is 0. The minimum absolute atomic E-state index is 0. The molecule has 0 heterocycles. The Balaban J connectivity index is 0.00000132. The summed E-state index contributed by atoms with van der Waals surface area (Å²) in [6, 6.07) is 17.7. The van der Waals surface area contributed by atoms with Gasteiger partial charge in [-0.15, -0.1) is 0 Å². The molecule has 2 aliphatic carbocycles. The fourth-order valence-electron chi connectivity index (χ4n) is 3.49. The van der Waals surface area contributed by atoms with Crippen LogP contribution in [-0.4, -0.2) is 27.7 Å². The first kappa shape index (κ1) is 14.7. The molecule has 2 heteroatoms. The van der Waals surface area contributed by atoms with E-state index in [1.807, 2.05) is 0 Å². The van der Waals surface area contributed by atoms with Crippen molar-refractivity contribution < 1.29 is 0 Å². The van der Waals surface area contributed by atoms with Crippen LogP contribution in [0, 0.1) is 0 Å². The number of fused-ring (bicyclic) bond motifs is 2. The second-order valence-corrected chi connectivity index (χ2v) is 8.41. The molecular weight excluding hydrogens is 263 g/mol. The number of benzene rings is 2. The van der Waals surface area contributed by atoms with Gasteiger partial charge in [-0.05, 0) is 33.3 Å². The zero-order valence-electron chi connectivity index (χ0n) is 12.6. The van der Waals surface area contributed by atoms with Crippen molar-refractivity contribution in [1.29, 1.82) is 0 Å². The van der Waals surface area contributed by atoms with Gasteiger partial charge in [0, 0.05) is 18.9 Å². The maximum absolute atomic E-state index is 2.48. The van der Waals surface area contributed by atoms with Gasteiger partial charge < -0.3 is 0 Å². The van der Waals surface area contributed by atoms with Gasteiger partial charge in [-0.3, -0.25) is 0 Å². The van der Waals surface area contributed by atoms with E-state index < -0.39 is 8.80 Å². The van der Waals surface area contributed by atoms with Crippen molar-refractivity contribution in [2.75, 3.05) is 0 Å². The molecule has 98 valence electrons. The molecule has 21 heavy (non-hydrogen) atoms. The van der Waals surface area contributed by atoms with Gasteiger partial charge in [-0.2, -0.15) is 0 Å². The van der Waals surface area contributed by atoms with Crippen molar-refractivity contribution in [2.24, 2.45) is 0 Å². The predicted octanol–water partition coefficient (Wildman–Crippen LogP) is 4.43. The molecule has 2 aliphatic rings. The number of hydrogen-bond acceptors (Lipinski definition) is 0. The van der Waals surface area contributed by atoms with Gasteiger partial charge in [0.2, 0.25) is 0 Å². The van der Waals surface area contributed by atoms with Gasteiger partial charge in [0.1, 0.15) is 0 Å². The van der Waals surface area contributed by atoms with E-state index in [2.05, 4.69) is 79.4 Å². The van der Waals surface area contributed by atoms with Crippen LogP contribution in [0.25, 0.3) is 12.2 Å². The summed E-state index contributed by atoms with van der Waals surface area (Å²) >= 11 is 0. The molecule has 0 N–H and O–H groups in total. The van der Waals surface area contributed by atoms with Crippen LogP contribution in [0.4, 0.5) is 0 Å². The standard InChI is InChI=1S/C19H17Si.Li/c1-20(18-12-10-14-6-2-4-8-16(14)18)19-13-11-15-7-3-5-9-17(15)19;/h2-13,18-19H,1H3;. The normalized spacial score (nSPS) is 21.2. The second-order valence-electron chi connectivity index (χ2n) is 5.68. The van der Waals surface area contributed by atoms with Crippen molar-refractivity contribution in [3.8, 4) is 0 Å². The molecule has 0 spiro atoms. The molecule has 0 amide bonds. The summed E-state index contributed by atoms with van der Waals surface area (Å²) in [7, 11) is -0.542. The fraction of sp³-hybridized carbons (Fsp3) is 0.158. The van der Waals surface area contributed by atoms with Gasteiger partial charge in [0.05, 0.1) is 8.80 Å². The molecule has 0 aliphatic heterocycles. The Kier molecular flexibility index (Phi) is 4.09. The van der Waals surface area contributed by atoms with E-state index in [1.54, 1.807) is 0 Å². The maximum Gasteiger partial charge on any atom is 0.0710 e. The third-order valence-corrected chi connectivity index (χ3v) is 7.55. The summed E-state index contributed by atoms with van der Waals surface area (Å²) in [5.74, 6) is 0. The zero-order chi connectivity index (χ0) is 13.5. The van der Waals surface area contributed by atoms with Crippen LogP contribution in [0.2, 0.25) is 6.55 Å². The average molecular weight is 280 g/mol. The SMILES string of the molecule is C[Si](C1C=Cc2ccccc21)C1C=Cc2ccccc21.[Li]. The number of hydrogen-bond donors (Lipinski definition) is 0. The van der Waals surface area contributed by atoms with E-state index in [0.29, 0.717) is 11.1 Å². The molecule has 2 radical (unpaired) electrons. The topological polar surface area (TPSA) is 0 Å². The molecule has 0 saturated carbocycles. The van der Waals surface area contributed by atoms with Gasteiger partial charge in [0.15, 0.2) is 0 Å². The van der Waals surface area contributed by atoms with Crippen molar-refractivity contribution in [3.05, 3.63) is 82.9 Å². The molecule has 2 atom stereocenters. The van der Waals surface area contributed by atoms with Crippen LogP contribution in [0.1, 0.15) is 33.3 Å². The second kappa shape index (κ2) is 5.85. The summed E-state index contributed by atoms with van der Waals surface area (Å²) < 4.78 is 0. The van der Waals surface area contributed by atoms with Crippen molar-refractivity contribution >= 4 is 39.8 Å².